The van der Waals surface area contributed by atoms with Crippen LogP contribution in [0.5, 0.6) is 5.75 Å². The molecular formula is C20H29NO2Si. The normalized spacial score (nSPS) is 13.6. The van der Waals surface area contributed by atoms with Gasteiger partial charge in [0.2, 0.25) is 0 Å². The Morgan fingerprint density at radius 1 is 1.04 bits per heavy atom. The van der Waals surface area contributed by atoms with Gasteiger partial charge in [0.05, 0.1) is 12.8 Å². The van der Waals surface area contributed by atoms with E-state index in [1.54, 1.807) is 7.11 Å². The molecule has 1 aromatic carbocycles. The molecule has 0 saturated carbocycles. The molecule has 0 aliphatic carbocycles. The first-order chi connectivity index (χ1) is 11.1. The number of ether oxygens (including phenoxy) is 1. The molecule has 1 heterocycles. The summed E-state index contributed by atoms with van der Waals surface area (Å²) in [7, 11) is -0.274. The van der Waals surface area contributed by atoms with Gasteiger partial charge in [0.15, 0.2) is 8.32 Å². The second-order valence-electron chi connectivity index (χ2n) is 7.74. The average molecular weight is 344 g/mol. The Bertz CT molecular complexity index is 678. The third-order valence-electron chi connectivity index (χ3n) is 4.77. The standard InChI is InChI=1S/C20H29NO2Si/c1-15-13-17(22-5)14-18(21-15)19(16-11-9-8-10-12-16)23-24(6,7)20(2,3)4/h8-14,19H,1-7H3/t19-/m1/s1. The van der Waals surface area contributed by atoms with Crippen molar-refractivity contribution >= 4 is 8.32 Å². The molecule has 0 aliphatic heterocycles. The number of aromatic nitrogens is 1. The molecule has 0 N–H and O–H groups in total. The van der Waals surface area contributed by atoms with Crippen LogP contribution >= 0.6 is 0 Å². The molecular weight excluding hydrogens is 314 g/mol. The number of pyridine rings is 1. The zero-order valence-corrected chi connectivity index (χ0v) is 16.9. The molecule has 0 aliphatic rings. The number of aryl methyl sites for hydroxylation is 1. The van der Waals surface area contributed by atoms with Gasteiger partial charge in [-0.3, -0.25) is 4.98 Å². The summed E-state index contributed by atoms with van der Waals surface area (Å²) in [5.41, 5.74) is 2.97. The maximum Gasteiger partial charge on any atom is 0.193 e. The molecule has 130 valence electrons. The minimum atomic E-state index is -1.96. The van der Waals surface area contributed by atoms with Crippen LogP contribution in [-0.4, -0.2) is 20.4 Å². The second kappa shape index (κ2) is 7.07. The molecule has 1 atom stereocenters. The van der Waals surface area contributed by atoms with Crippen molar-refractivity contribution in [2.75, 3.05) is 7.11 Å². The Labute approximate surface area is 147 Å². The van der Waals surface area contributed by atoms with Crippen LogP contribution in [0, 0.1) is 6.92 Å². The number of benzene rings is 1. The molecule has 0 amide bonds. The van der Waals surface area contributed by atoms with Gasteiger partial charge in [-0.2, -0.15) is 0 Å². The van der Waals surface area contributed by atoms with Crippen LogP contribution in [0.4, 0.5) is 0 Å². The summed E-state index contributed by atoms with van der Waals surface area (Å²) in [5, 5.41) is 0.133. The van der Waals surface area contributed by atoms with Gasteiger partial charge in [-0.05, 0) is 30.6 Å². The monoisotopic (exact) mass is 343 g/mol. The first-order valence-electron chi connectivity index (χ1n) is 8.39. The van der Waals surface area contributed by atoms with Crippen LogP contribution in [0.25, 0.3) is 0 Å². The van der Waals surface area contributed by atoms with Crippen molar-refractivity contribution in [3.63, 3.8) is 0 Å². The lowest BCUT2D eigenvalue weighted by Crippen LogP contribution is -2.42. The number of rotatable bonds is 5. The van der Waals surface area contributed by atoms with Crippen LogP contribution in [0.3, 0.4) is 0 Å². The molecule has 0 bridgehead atoms. The van der Waals surface area contributed by atoms with Gasteiger partial charge < -0.3 is 9.16 Å². The van der Waals surface area contributed by atoms with Crippen LogP contribution in [-0.2, 0) is 4.43 Å². The lowest BCUT2D eigenvalue weighted by Gasteiger charge is -2.39. The largest absolute Gasteiger partial charge is 0.497 e. The van der Waals surface area contributed by atoms with Gasteiger partial charge >= 0.3 is 0 Å². The maximum absolute atomic E-state index is 6.75. The molecule has 4 heteroatoms. The number of hydrogen-bond donors (Lipinski definition) is 0. The summed E-state index contributed by atoms with van der Waals surface area (Å²) >= 11 is 0. The Morgan fingerprint density at radius 3 is 2.21 bits per heavy atom. The molecule has 1 aromatic heterocycles. The van der Waals surface area contributed by atoms with Crippen molar-refractivity contribution in [3.8, 4) is 5.75 Å². The first kappa shape index (κ1) is 18.7. The fourth-order valence-corrected chi connectivity index (χ4v) is 3.51. The lowest BCUT2D eigenvalue weighted by molar-refractivity contribution is 0.217. The predicted molar refractivity (Wildman–Crippen MR) is 102 cm³/mol. The van der Waals surface area contributed by atoms with Crippen LogP contribution in [0.15, 0.2) is 42.5 Å². The maximum atomic E-state index is 6.75. The van der Waals surface area contributed by atoms with Gasteiger partial charge in [-0.25, -0.2) is 0 Å². The van der Waals surface area contributed by atoms with Gasteiger partial charge in [0.1, 0.15) is 11.9 Å². The zero-order valence-electron chi connectivity index (χ0n) is 15.9. The molecule has 0 spiro atoms. The fourth-order valence-electron chi connectivity index (χ4n) is 2.31. The minimum Gasteiger partial charge on any atom is -0.497 e. The van der Waals surface area contributed by atoms with E-state index in [4.69, 9.17) is 14.1 Å². The van der Waals surface area contributed by atoms with Crippen molar-refractivity contribution in [2.24, 2.45) is 0 Å². The van der Waals surface area contributed by atoms with Gasteiger partial charge in [-0.1, -0.05) is 51.1 Å². The van der Waals surface area contributed by atoms with E-state index in [9.17, 15) is 0 Å². The van der Waals surface area contributed by atoms with Crippen molar-refractivity contribution in [1.82, 2.24) is 4.98 Å². The van der Waals surface area contributed by atoms with E-state index < -0.39 is 8.32 Å². The smallest absolute Gasteiger partial charge is 0.193 e. The molecule has 2 rings (SSSR count). The van der Waals surface area contributed by atoms with Crippen molar-refractivity contribution in [3.05, 3.63) is 59.4 Å². The third-order valence-corrected chi connectivity index (χ3v) is 9.21. The Morgan fingerprint density at radius 2 is 1.67 bits per heavy atom. The summed E-state index contributed by atoms with van der Waals surface area (Å²) < 4.78 is 12.2. The van der Waals surface area contributed by atoms with E-state index in [-0.39, 0.29) is 11.1 Å². The summed E-state index contributed by atoms with van der Waals surface area (Å²) in [4.78, 5) is 4.74. The third kappa shape index (κ3) is 4.25. The molecule has 24 heavy (non-hydrogen) atoms. The molecule has 3 nitrogen and oxygen atoms in total. The quantitative estimate of drug-likeness (QED) is 0.671. The minimum absolute atomic E-state index is 0.133. The van der Waals surface area contributed by atoms with Crippen LogP contribution < -0.4 is 4.74 Å². The van der Waals surface area contributed by atoms with Crippen molar-refractivity contribution in [1.29, 1.82) is 0 Å². The van der Waals surface area contributed by atoms with E-state index >= 15 is 0 Å². The highest BCUT2D eigenvalue weighted by molar-refractivity contribution is 6.74. The Kier molecular flexibility index (Phi) is 5.51. The average Bonchev–Trinajstić information content (AvgIpc) is 2.51. The van der Waals surface area contributed by atoms with Gasteiger partial charge in [-0.15, -0.1) is 0 Å². The van der Waals surface area contributed by atoms with Crippen LogP contribution in [0.2, 0.25) is 18.1 Å². The number of hydrogen-bond acceptors (Lipinski definition) is 3. The van der Waals surface area contributed by atoms with E-state index in [2.05, 4.69) is 46.0 Å². The highest BCUT2D eigenvalue weighted by atomic mass is 28.4. The Hall–Kier alpha value is -1.65. The summed E-state index contributed by atoms with van der Waals surface area (Å²) in [6.45, 7) is 13.3. The number of nitrogens with zero attached hydrogens (tertiary/aromatic N) is 1. The second-order valence-corrected chi connectivity index (χ2v) is 12.5. The molecule has 0 fully saturated rings. The lowest BCUT2D eigenvalue weighted by atomic mass is 10.1. The SMILES string of the molecule is COc1cc(C)nc([C@H](O[Si](C)(C)C(C)(C)C)c2ccccc2)c1. The number of methoxy groups -OCH3 is 1. The molecule has 0 radical (unpaired) electrons. The summed E-state index contributed by atoms with van der Waals surface area (Å²) in [6.07, 6.45) is -0.180. The van der Waals surface area contributed by atoms with Crippen LogP contribution in [0.1, 0.15) is 43.8 Å². The highest BCUT2D eigenvalue weighted by Gasteiger charge is 2.40. The topological polar surface area (TPSA) is 31.4 Å². The first-order valence-corrected chi connectivity index (χ1v) is 11.3. The zero-order chi connectivity index (χ0) is 18.0. The van der Waals surface area contributed by atoms with E-state index in [1.807, 2.05) is 37.3 Å². The highest BCUT2D eigenvalue weighted by Crippen LogP contribution is 2.41. The Balaban J connectivity index is 2.51. The molecule has 0 saturated heterocycles. The van der Waals surface area contributed by atoms with Crippen molar-refractivity contribution in [2.45, 2.75) is 51.9 Å². The fraction of sp³-hybridized carbons (Fsp3) is 0.450. The van der Waals surface area contributed by atoms with Crippen molar-refractivity contribution < 1.29 is 9.16 Å². The van der Waals surface area contributed by atoms with E-state index in [0.29, 0.717) is 0 Å². The van der Waals surface area contributed by atoms with E-state index in [1.165, 1.54) is 0 Å². The van der Waals surface area contributed by atoms with Gasteiger partial charge in [0, 0.05) is 17.8 Å². The molecule has 2 aromatic rings. The summed E-state index contributed by atoms with van der Waals surface area (Å²) in [6, 6.07) is 14.3. The molecule has 0 unspecified atom stereocenters. The predicted octanol–water partition coefficient (Wildman–Crippen LogP) is 5.51. The van der Waals surface area contributed by atoms with Gasteiger partial charge in [0.25, 0.3) is 0 Å². The van der Waals surface area contributed by atoms with E-state index in [0.717, 1.165) is 22.7 Å². The summed E-state index contributed by atoms with van der Waals surface area (Å²) in [5.74, 6) is 0.817.